The first-order valence-electron chi connectivity index (χ1n) is 6.29. The maximum atomic E-state index is 11.1. The van der Waals surface area contributed by atoms with Crippen molar-refractivity contribution in [3.8, 4) is 0 Å². The summed E-state index contributed by atoms with van der Waals surface area (Å²) in [5.41, 5.74) is -0.0281. The molecular formula is C13H13BrN4O2S. The summed E-state index contributed by atoms with van der Waals surface area (Å²) in [7, 11) is 0. The van der Waals surface area contributed by atoms with Crippen LogP contribution in [0.25, 0.3) is 0 Å². The molecule has 8 heteroatoms. The molecule has 2 aromatic rings. The zero-order valence-corrected chi connectivity index (χ0v) is 13.6. The minimum Gasteiger partial charge on any atom is -0.370 e. The Hall–Kier alpha value is -1.67. The van der Waals surface area contributed by atoms with Crippen LogP contribution in [-0.4, -0.2) is 21.4 Å². The molecule has 0 radical (unpaired) electrons. The fourth-order valence-electron chi connectivity index (χ4n) is 1.54. The molecule has 21 heavy (non-hydrogen) atoms. The van der Waals surface area contributed by atoms with Gasteiger partial charge in [0.2, 0.25) is 0 Å². The number of hydrogen-bond donors (Lipinski definition) is 1. The molecule has 0 atom stereocenters. The molecule has 0 aliphatic heterocycles. The zero-order chi connectivity index (χ0) is 15.2. The molecule has 0 aliphatic rings. The summed E-state index contributed by atoms with van der Waals surface area (Å²) in [6.45, 7) is 2.81. The fourth-order valence-corrected chi connectivity index (χ4v) is 2.89. The van der Waals surface area contributed by atoms with Crippen LogP contribution in [0, 0.1) is 10.1 Å². The minimum absolute atomic E-state index is 0.0281. The number of hydrogen-bond acceptors (Lipinski definition) is 6. The van der Waals surface area contributed by atoms with Gasteiger partial charge in [-0.25, -0.2) is 9.97 Å². The average Bonchev–Trinajstić information content (AvgIpc) is 2.47. The Morgan fingerprint density at radius 3 is 2.86 bits per heavy atom. The lowest BCUT2D eigenvalue weighted by atomic mass is 10.4. The quantitative estimate of drug-likeness (QED) is 0.609. The monoisotopic (exact) mass is 368 g/mol. The van der Waals surface area contributed by atoms with Gasteiger partial charge in [0.1, 0.15) is 10.8 Å². The first-order chi connectivity index (χ1) is 10.1. The molecule has 0 fully saturated rings. The molecule has 0 saturated carbocycles. The summed E-state index contributed by atoms with van der Waals surface area (Å²) in [6.07, 6.45) is 2.59. The van der Waals surface area contributed by atoms with Gasteiger partial charge in [0.05, 0.1) is 9.40 Å². The Morgan fingerprint density at radius 2 is 2.19 bits per heavy atom. The van der Waals surface area contributed by atoms with Gasteiger partial charge in [-0.1, -0.05) is 6.92 Å². The van der Waals surface area contributed by atoms with Crippen molar-refractivity contribution in [1.82, 2.24) is 9.97 Å². The Labute approximate surface area is 134 Å². The normalized spacial score (nSPS) is 10.4. The molecule has 2 aromatic heterocycles. The van der Waals surface area contributed by atoms with Gasteiger partial charge in [-0.15, -0.1) is 0 Å². The van der Waals surface area contributed by atoms with Crippen molar-refractivity contribution < 1.29 is 4.92 Å². The van der Waals surface area contributed by atoms with Crippen molar-refractivity contribution in [2.75, 3.05) is 11.9 Å². The van der Waals surface area contributed by atoms with Gasteiger partial charge in [0, 0.05) is 18.8 Å². The van der Waals surface area contributed by atoms with Crippen LogP contribution in [0.5, 0.6) is 0 Å². The van der Waals surface area contributed by atoms with Gasteiger partial charge >= 0.3 is 5.69 Å². The summed E-state index contributed by atoms with van der Waals surface area (Å²) < 4.78 is 0.776. The topological polar surface area (TPSA) is 81.0 Å². The molecule has 0 aromatic carbocycles. The van der Waals surface area contributed by atoms with E-state index in [0.29, 0.717) is 15.9 Å². The van der Waals surface area contributed by atoms with E-state index in [4.69, 9.17) is 0 Å². The predicted molar refractivity (Wildman–Crippen MR) is 85.7 cm³/mol. The van der Waals surface area contributed by atoms with E-state index in [1.165, 1.54) is 17.8 Å². The largest absolute Gasteiger partial charge is 0.370 e. The van der Waals surface area contributed by atoms with E-state index in [2.05, 4.69) is 31.2 Å². The standard InChI is InChI=1S/C13H13BrN4O2S/c1-2-7-15-11-6-5-10(18(19)20)13(17-11)21-12-9(14)4-3-8-16-12/h3-6,8H,2,7H2,1H3,(H,15,17). The highest BCUT2D eigenvalue weighted by Crippen LogP contribution is 2.36. The Kier molecular flexibility index (Phi) is 5.51. The molecule has 110 valence electrons. The van der Waals surface area contributed by atoms with Crippen molar-refractivity contribution in [2.45, 2.75) is 23.4 Å². The minimum atomic E-state index is -0.435. The number of anilines is 1. The Morgan fingerprint density at radius 1 is 1.38 bits per heavy atom. The fraction of sp³-hybridized carbons (Fsp3) is 0.231. The molecule has 0 amide bonds. The highest BCUT2D eigenvalue weighted by atomic mass is 79.9. The van der Waals surface area contributed by atoms with Gasteiger partial charge in [-0.05, 0) is 52.3 Å². The van der Waals surface area contributed by atoms with Gasteiger partial charge in [0.25, 0.3) is 0 Å². The molecule has 0 unspecified atom stereocenters. The van der Waals surface area contributed by atoms with E-state index in [0.717, 1.165) is 17.4 Å². The van der Waals surface area contributed by atoms with Crippen molar-refractivity contribution in [3.05, 3.63) is 45.0 Å². The lowest BCUT2D eigenvalue weighted by Crippen LogP contribution is -2.03. The lowest BCUT2D eigenvalue weighted by Gasteiger charge is -2.07. The first-order valence-corrected chi connectivity index (χ1v) is 7.90. The summed E-state index contributed by atoms with van der Waals surface area (Å²) >= 11 is 4.55. The molecule has 0 spiro atoms. The van der Waals surface area contributed by atoms with E-state index in [9.17, 15) is 10.1 Å². The molecule has 1 N–H and O–H groups in total. The molecule has 0 aliphatic carbocycles. The zero-order valence-electron chi connectivity index (χ0n) is 11.2. The van der Waals surface area contributed by atoms with Gasteiger partial charge in [-0.3, -0.25) is 10.1 Å². The van der Waals surface area contributed by atoms with Crippen molar-refractivity contribution in [3.63, 3.8) is 0 Å². The molecule has 6 nitrogen and oxygen atoms in total. The number of nitro groups is 1. The van der Waals surface area contributed by atoms with Crippen molar-refractivity contribution in [2.24, 2.45) is 0 Å². The van der Waals surface area contributed by atoms with E-state index in [1.807, 2.05) is 13.0 Å². The third-order valence-corrected chi connectivity index (χ3v) is 4.43. The van der Waals surface area contributed by atoms with Gasteiger partial charge in [0.15, 0.2) is 5.03 Å². The molecular weight excluding hydrogens is 356 g/mol. The SMILES string of the molecule is CCCNc1ccc([N+](=O)[O-])c(Sc2ncccc2Br)n1. The highest BCUT2D eigenvalue weighted by Gasteiger charge is 2.18. The van der Waals surface area contributed by atoms with Gasteiger partial charge < -0.3 is 5.32 Å². The Bertz CT molecular complexity index is 654. The second kappa shape index (κ2) is 7.37. The highest BCUT2D eigenvalue weighted by molar-refractivity contribution is 9.10. The van der Waals surface area contributed by atoms with Gasteiger partial charge in [-0.2, -0.15) is 0 Å². The predicted octanol–water partition coefficient (Wildman–Crippen LogP) is 4.12. The second-order valence-electron chi connectivity index (χ2n) is 4.10. The van der Waals surface area contributed by atoms with Crippen molar-refractivity contribution >= 4 is 39.2 Å². The number of nitrogens with zero attached hydrogens (tertiary/aromatic N) is 3. The summed E-state index contributed by atoms with van der Waals surface area (Å²) in [6, 6.07) is 6.70. The van der Waals surface area contributed by atoms with E-state index >= 15 is 0 Å². The third kappa shape index (κ3) is 4.15. The maximum Gasteiger partial charge on any atom is 0.301 e. The molecule has 0 saturated heterocycles. The van der Waals surface area contributed by atoms with Crippen LogP contribution >= 0.6 is 27.7 Å². The summed E-state index contributed by atoms with van der Waals surface area (Å²) in [5.74, 6) is 0.622. The average molecular weight is 369 g/mol. The van der Waals surface area contributed by atoms with Crippen LogP contribution in [-0.2, 0) is 0 Å². The first kappa shape index (κ1) is 15.7. The van der Waals surface area contributed by atoms with Crippen LogP contribution in [0.1, 0.15) is 13.3 Å². The van der Waals surface area contributed by atoms with Crippen LogP contribution in [0.4, 0.5) is 11.5 Å². The maximum absolute atomic E-state index is 11.1. The van der Waals surface area contributed by atoms with Crippen LogP contribution in [0.15, 0.2) is 45.0 Å². The number of rotatable bonds is 6. The van der Waals surface area contributed by atoms with E-state index < -0.39 is 4.92 Å². The number of nitrogens with one attached hydrogen (secondary N) is 1. The van der Waals surface area contributed by atoms with Crippen LogP contribution in [0.3, 0.4) is 0 Å². The summed E-state index contributed by atoms with van der Waals surface area (Å²) in [5, 5.41) is 15.2. The Balaban J connectivity index is 2.34. The summed E-state index contributed by atoms with van der Waals surface area (Å²) in [4.78, 5) is 19.2. The number of halogens is 1. The molecule has 2 rings (SSSR count). The smallest absolute Gasteiger partial charge is 0.301 e. The second-order valence-corrected chi connectivity index (χ2v) is 5.93. The lowest BCUT2D eigenvalue weighted by molar-refractivity contribution is -0.388. The number of pyridine rings is 2. The molecule has 0 bridgehead atoms. The third-order valence-electron chi connectivity index (χ3n) is 2.51. The van der Waals surface area contributed by atoms with E-state index in [-0.39, 0.29) is 5.69 Å². The molecule has 2 heterocycles. The van der Waals surface area contributed by atoms with Crippen LogP contribution in [0.2, 0.25) is 0 Å². The van der Waals surface area contributed by atoms with Crippen LogP contribution < -0.4 is 5.32 Å². The van der Waals surface area contributed by atoms with E-state index in [1.54, 1.807) is 18.3 Å². The number of aromatic nitrogens is 2. The van der Waals surface area contributed by atoms with Crippen molar-refractivity contribution in [1.29, 1.82) is 0 Å².